The van der Waals surface area contributed by atoms with Crippen molar-refractivity contribution in [2.45, 2.75) is 25.3 Å². The first-order valence-electron chi connectivity index (χ1n) is 4.33. The summed E-state index contributed by atoms with van der Waals surface area (Å²) < 4.78 is 5.25. The van der Waals surface area contributed by atoms with Crippen LogP contribution in [0.2, 0.25) is 0 Å². The van der Waals surface area contributed by atoms with E-state index < -0.39 is 0 Å². The van der Waals surface area contributed by atoms with Crippen molar-refractivity contribution in [2.24, 2.45) is 4.99 Å². The Hall–Kier alpha value is -0.570. The van der Waals surface area contributed by atoms with Gasteiger partial charge in [-0.1, -0.05) is 0 Å². The van der Waals surface area contributed by atoms with Crippen LogP contribution in [0.4, 0.5) is 0 Å². The molecular weight excluding hydrogens is 140 g/mol. The van der Waals surface area contributed by atoms with E-state index >= 15 is 0 Å². The first-order chi connectivity index (χ1) is 5.45. The highest BCUT2D eigenvalue weighted by atomic mass is 16.5. The van der Waals surface area contributed by atoms with Crippen molar-refractivity contribution >= 4 is 5.84 Å². The van der Waals surface area contributed by atoms with Crippen molar-refractivity contribution in [3.05, 3.63) is 0 Å². The van der Waals surface area contributed by atoms with Gasteiger partial charge in [0.25, 0.3) is 0 Å². The summed E-state index contributed by atoms with van der Waals surface area (Å²) in [6.07, 6.45) is 3.49. The van der Waals surface area contributed by atoms with E-state index in [1.807, 2.05) is 0 Å². The molecule has 1 unspecified atom stereocenters. The Balaban J connectivity index is 1.79. The van der Waals surface area contributed by atoms with Gasteiger partial charge >= 0.3 is 0 Å². The smallest absolute Gasteiger partial charge is 0.0966 e. The Bertz CT molecular complexity index is 161. The van der Waals surface area contributed by atoms with Crippen molar-refractivity contribution in [1.29, 1.82) is 0 Å². The van der Waals surface area contributed by atoms with Crippen molar-refractivity contribution in [3.8, 4) is 0 Å². The lowest BCUT2D eigenvalue weighted by atomic mass is 10.2. The van der Waals surface area contributed by atoms with Gasteiger partial charge in [0, 0.05) is 19.6 Å². The van der Waals surface area contributed by atoms with Crippen LogP contribution in [-0.2, 0) is 4.74 Å². The molecule has 0 aromatic carbocycles. The average Bonchev–Trinajstić information content (AvgIpc) is 2.60. The second kappa shape index (κ2) is 3.22. The topological polar surface area (TPSA) is 33.6 Å². The van der Waals surface area contributed by atoms with Crippen molar-refractivity contribution in [3.63, 3.8) is 0 Å². The number of rotatable bonds is 1. The maximum Gasteiger partial charge on any atom is 0.0966 e. The standard InChI is InChI=1S/C8H14N2O/c1-2-8(9-4-1)10-7-3-5-11-6-7/h7H,1-6H2,(H,9,10). The number of nitrogens with one attached hydrogen (secondary N) is 1. The molecule has 0 aliphatic carbocycles. The lowest BCUT2D eigenvalue weighted by Gasteiger charge is -2.10. The third-order valence-corrected chi connectivity index (χ3v) is 2.17. The van der Waals surface area contributed by atoms with Gasteiger partial charge in [0.05, 0.1) is 18.5 Å². The SMILES string of the molecule is C1CN=C(NC2CCOC2)C1. The van der Waals surface area contributed by atoms with Gasteiger partial charge in [-0.15, -0.1) is 0 Å². The molecule has 1 fully saturated rings. The number of hydrogen-bond donors (Lipinski definition) is 1. The fourth-order valence-electron chi connectivity index (χ4n) is 1.54. The zero-order valence-corrected chi connectivity index (χ0v) is 6.68. The molecule has 0 radical (unpaired) electrons. The van der Waals surface area contributed by atoms with E-state index in [0.29, 0.717) is 6.04 Å². The van der Waals surface area contributed by atoms with Crippen LogP contribution in [0.1, 0.15) is 19.3 Å². The third kappa shape index (κ3) is 1.71. The normalized spacial score (nSPS) is 30.5. The maximum absolute atomic E-state index is 5.25. The minimum atomic E-state index is 0.534. The summed E-state index contributed by atoms with van der Waals surface area (Å²) >= 11 is 0. The molecule has 0 saturated carbocycles. The number of ether oxygens (including phenoxy) is 1. The van der Waals surface area contributed by atoms with E-state index in [9.17, 15) is 0 Å². The number of aliphatic imine (C=N–C) groups is 1. The molecule has 1 atom stereocenters. The van der Waals surface area contributed by atoms with E-state index in [-0.39, 0.29) is 0 Å². The Morgan fingerprint density at radius 1 is 1.55 bits per heavy atom. The van der Waals surface area contributed by atoms with E-state index in [4.69, 9.17) is 4.74 Å². The minimum Gasteiger partial charge on any atom is -0.379 e. The predicted octanol–water partition coefficient (Wildman–Crippen LogP) is 0.557. The molecule has 0 aromatic heterocycles. The molecule has 2 heterocycles. The van der Waals surface area contributed by atoms with Crippen molar-refractivity contribution in [1.82, 2.24) is 5.32 Å². The number of hydrogen-bond acceptors (Lipinski definition) is 3. The molecule has 3 heteroatoms. The van der Waals surface area contributed by atoms with E-state index in [2.05, 4.69) is 10.3 Å². The zero-order chi connectivity index (χ0) is 7.52. The monoisotopic (exact) mass is 154 g/mol. The Morgan fingerprint density at radius 2 is 2.55 bits per heavy atom. The molecule has 62 valence electrons. The summed E-state index contributed by atoms with van der Waals surface area (Å²) in [5.41, 5.74) is 0. The fraction of sp³-hybridized carbons (Fsp3) is 0.875. The van der Waals surface area contributed by atoms with Crippen molar-refractivity contribution in [2.75, 3.05) is 19.8 Å². The van der Waals surface area contributed by atoms with Crippen LogP contribution < -0.4 is 5.32 Å². The summed E-state index contributed by atoms with van der Waals surface area (Å²) in [5.74, 6) is 1.19. The summed E-state index contributed by atoms with van der Waals surface area (Å²) in [6.45, 7) is 2.78. The Kier molecular flexibility index (Phi) is 2.08. The van der Waals surface area contributed by atoms with Crippen LogP contribution in [0, 0.1) is 0 Å². The van der Waals surface area contributed by atoms with Gasteiger partial charge in [0.1, 0.15) is 0 Å². The lowest BCUT2D eigenvalue weighted by molar-refractivity contribution is 0.192. The van der Waals surface area contributed by atoms with Crippen LogP contribution in [0.5, 0.6) is 0 Å². The van der Waals surface area contributed by atoms with Gasteiger partial charge < -0.3 is 10.1 Å². The van der Waals surface area contributed by atoms with Gasteiger partial charge in [-0.25, -0.2) is 0 Å². The fourth-order valence-corrected chi connectivity index (χ4v) is 1.54. The van der Waals surface area contributed by atoms with Gasteiger partial charge in [-0.3, -0.25) is 4.99 Å². The molecule has 1 N–H and O–H groups in total. The van der Waals surface area contributed by atoms with E-state index in [0.717, 1.165) is 32.6 Å². The van der Waals surface area contributed by atoms with Gasteiger partial charge in [-0.2, -0.15) is 0 Å². The highest BCUT2D eigenvalue weighted by molar-refractivity contribution is 5.83. The van der Waals surface area contributed by atoms with Crippen molar-refractivity contribution < 1.29 is 4.74 Å². The first kappa shape index (κ1) is 7.10. The molecule has 3 nitrogen and oxygen atoms in total. The summed E-state index contributed by atoms with van der Waals surface area (Å²) in [6, 6.07) is 0.534. The molecular formula is C8H14N2O. The molecule has 2 aliphatic rings. The van der Waals surface area contributed by atoms with Crippen LogP contribution in [0.3, 0.4) is 0 Å². The summed E-state index contributed by atoms with van der Waals surface area (Å²) in [4.78, 5) is 4.35. The quantitative estimate of drug-likeness (QED) is 0.598. The van der Waals surface area contributed by atoms with Crippen LogP contribution >= 0.6 is 0 Å². The molecule has 11 heavy (non-hydrogen) atoms. The lowest BCUT2D eigenvalue weighted by Crippen LogP contribution is -2.33. The predicted molar refractivity (Wildman–Crippen MR) is 43.9 cm³/mol. The second-order valence-electron chi connectivity index (χ2n) is 3.14. The number of nitrogens with zero attached hydrogens (tertiary/aromatic N) is 1. The Labute approximate surface area is 66.8 Å². The molecule has 0 bridgehead atoms. The van der Waals surface area contributed by atoms with Crippen LogP contribution in [0.25, 0.3) is 0 Å². The van der Waals surface area contributed by atoms with E-state index in [1.54, 1.807) is 0 Å². The molecule has 0 aromatic rings. The Morgan fingerprint density at radius 3 is 3.18 bits per heavy atom. The van der Waals surface area contributed by atoms with Gasteiger partial charge in [0.2, 0.25) is 0 Å². The first-order valence-corrected chi connectivity index (χ1v) is 4.33. The zero-order valence-electron chi connectivity index (χ0n) is 6.68. The highest BCUT2D eigenvalue weighted by Gasteiger charge is 2.17. The molecule has 2 rings (SSSR count). The van der Waals surface area contributed by atoms with Gasteiger partial charge in [-0.05, 0) is 12.8 Å². The van der Waals surface area contributed by atoms with Crippen LogP contribution in [0.15, 0.2) is 4.99 Å². The second-order valence-corrected chi connectivity index (χ2v) is 3.14. The molecule has 0 amide bonds. The number of amidine groups is 1. The third-order valence-electron chi connectivity index (χ3n) is 2.17. The largest absolute Gasteiger partial charge is 0.379 e. The van der Waals surface area contributed by atoms with Gasteiger partial charge in [0.15, 0.2) is 0 Å². The minimum absolute atomic E-state index is 0.534. The maximum atomic E-state index is 5.25. The van der Waals surface area contributed by atoms with E-state index in [1.165, 1.54) is 12.3 Å². The average molecular weight is 154 g/mol. The highest BCUT2D eigenvalue weighted by Crippen LogP contribution is 2.07. The summed E-state index contributed by atoms with van der Waals surface area (Å²) in [5, 5.41) is 3.40. The molecule has 1 saturated heterocycles. The summed E-state index contributed by atoms with van der Waals surface area (Å²) in [7, 11) is 0. The molecule has 0 spiro atoms. The van der Waals surface area contributed by atoms with Crippen LogP contribution in [-0.4, -0.2) is 31.6 Å². The molecule has 2 aliphatic heterocycles.